The topological polar surface area (TPSA) is 168 Å². The van der Waals surface area contributed by atoms with Gasteiger partial charge >= 0.3 is 11.7 Å². The van der Waals surface area contributed by atoms with E-state index < -0.39 is 39.0 Å². The molecule has 0 unspecified atom stereocenters. The van der Waals surface area contributed by atoms with E-state index in [4.69, 9.17) is 5.11 Å². The Kier molecular flexibility index (Phi) is 4.86. The second-order valence-electron chi connectivity index (χ2n) is 3.81. The monoisotopic (exact) mass is 298 g/mol. The molecule has 0 saturated carbocycles. The summed E-state index contributed by atoms with van der Waals surface area (Å²) in [7, 11) is 0. The van der Waals surface area contributed by atoms with Crippen LogP contribution in [0.4, 0.5) is 17.1 Å². The van der Waals surface area contributed by atoms with Crippen LogP contribution in [0.15, 0.2) is 23.3 Å². The summed E-state index contributed by atoms with van der Waals surface area (Å²) in [6.07, 6.45) is -1.41. The van der Waals surface area contributed by atoms with Gasteiger partial charge in [0.1, 0.15) is 11.8 Å². The number of aliphatic carboxylic acids is 1. The van der Waals surface area contributed by atoms with Crippen molar-refractivity contribution in [2.24, 2.45) is 5.10 Å². The first-order chi connectivity index (χ1) is 9.73. The molecule has 0 fully saturated rings. The second kappa shape index (κ2) is 6.38. The quantitative estimate of drug-likeness (QED) is 0.392. The van der Waals surface area contributed by atoms with E-state index >= 15 is 0 Å². The number of carboxylic acids is 1. The smallest absolute Gasteiger partial charge is 0.354 e. The number of non-ortho nitro benzene ring substituents is 1. The summed E-state index contributed by atoms with van der Waals surface area (Å²) < 4.78 is 0. The van der Waals surface area contributed by atoms with Gasteiger partial charge in [-0.05, 0) is 13.0 Å². The zero-order valence-corrected chi connectivity index (χ0v) is 10.6. The summed E-state index contributed by atoms with van der Waals surface area (Å²) in [4.78, 5) is 30.5. The molecule has 21 heavy (non-hydrogen) atoms. The van der Waals surface area contributed by atoms with Gasteiger partial charge < -0.3 is 10.2 Å². The SMILES string of the molecule is C[C@H](O)/C(=N\Nc1ccc([N+](=O)[O-])cc1[N+](=O)[O-])C(=O)O. The number of nitrogens with zero attached hydrogens (tertiary/aromatic N) is 3. The van der Waals surface area contributed by atoms with Gasteiger partial charge in [-0.2, -0.15) is 5.10 Å². The molecule has 0 saturated heterocycles. The number of aliphatic hydroxyl groups excluding tert-OH is 1. The summed E-state index contributed by atoms with van der Waals surface area (Å²) in [6, 6.07) is 2.72. The molecule has 11 heteroatoms. The molecule has 0 aliphatic rings. The van der Waals surface area contributed by atoms with Crippen LogP contribution >= 0.6 is 0 Å². The van der Waals surface area contributed by atoms with Crippen molar-refractivity contribution in [1.29, 1.82) is 0 Å². The lowest BCUT2D eigenvalue weighted by Gasteiger charge is -2.06. The minimum absolute atomic E-state index is 0.245. The highest BCUT2D eigenvalue weighted by Gasteiger charge is 2.21. The Morgan fingerprint density at radius 1 is 1.33 bits per heavy atom. The van der Waals surface area contributed by atoms with E-state index in [0.717, 1.165) is 19.1 Å². The van der Waals surface area contributed by atoms with Crippen LogP contribution in [0.5, 0.6) is 0 Å². The molecule has 11 nitrogen and oxygen atoms in total. The Morgan fingerprint density at radius 2 is 1.95 bits per heavy atom. The maximum atomic E-state index is 10.8. The first-order valence-corrected chi connectivity index (χ1v) is 5.41. The molecule has 1 aromatic carbocycles. The molecule has 3 N–H and O–H groups in total. The number of benzene rings is 1. The van der Waals surface area contributed by atoms with Crippen LogP contribution in [0.25, 0.3) is 0 Å². The Bertz CT molecular complexity index is 626. The van der Waals surface area contributed by atoms with Gasteiger partial charge in [-0.1, -0.05) is 0 Å². The summed E-state index contributed by atoms with van der Waals surface area (Å²) in [6.45, 7) is 1.15. The highest BCUT2D eigenvalue weighted by atomic mass is 16.6. The Hall–Kier alpha value is -3.08. The van der Waals surface area contributed by atoms with E-state index in [0.29, 0.717) is 6.07 Å². The average Bonchev–Trinajstić information content (AvgIpc) is 2.37. The molecule has 1 atom stereocenters. The third kappa shape index (κ3) is 3.94. The summed E-state index contributed by atoms with van der Waals surface area (Å²) in [5, 5.41) is 42.7. The number of hydrogen-bond donors (Lipinski definition) is 3. The van der Waals surface area contributed by atoms with Crippen molar-refractivity contribution in [2.75, 3.05) is 5.43 Å². The van der Waals surface area contributed by atoms with E-state index in [2.05, 4.69) is 10.5 Å². The maximum Gasteiger partial charge on any atom is 0.354 e. The minimum Gasteiger partial charge on any atom is -0.477 e. The number of aliphatic hydroxyl groups is 1. The van der Waals surface area contributed by atoms with Crippen molar-refractivity contribution in [2.45, 2.75) is 13.0 Å². The van der Waals surface area contributed by atoms with Gasteiger partial charge in [0.2, 0.25) is 0 Å². The predicted octanol–water partition coefficient (Wildman–Crippen LogP) is 0.736. The van der Waals surface area contributed by atoms with Crippen molar-refractivity contribution in [3.05, 3.63) is 38.4 Å². The average molecular weight is 298 g/mol. The molecule has 0 heterocycles. The van der Waals surface area contributed by atoms with Gasteiger partial charge in [0, 0.05) is 6.07 Å². The number of carboxylic acid groups (broad SMARTS) is 1. The molecule has 1 rings (SSSR count). The van der Waals surface area contributed by atoms with Crippen LogP contribution in [-0.4, -0.2) is 37.8 Å². The normalized spacial score (nSPS) is 12.6. The number of carbonyl (C=O) groups is 1. The fourth-order valence-corrected chi connectivity index (χ4v) is 1.32. The van der Waals surface area contributed by atoms with E-state index in [9.17, 15) is 30.1 Å². The van der Waals surface area contributed by atoms with E-state index in [-0.39, 0.29) is 5.69 Å². The number of hydrogen-bond acceptors (Lipinski definition) is 8. The maximum absolute atomic E-state index is 10.8. The van der Waals surface area contributed by atoms with Crippen LogP contribution < -0.4 is 5.43 Å². The molecule has 0 bridgehead atoms. The van der Waals surface area contributed by atoms with Crippen LogP contribution in [0.1, 0.15) is 6.92 Å². The van der Waals surface area contributed by atoms with E-state index in [1.807, 2.05) is 0 Å². The van der Waals surface area contributed by atoms with Crippen LogP contribution in [0.2, 0.25) is 0 Å². The summed E-state index contributed by atoms with van der Waals surface area (Å²) in [5.74, 6) is -1.51. The first-order valence-electron chi connectivity index (χ1n) is 5.41. The van der Waals surface area contributed by atoms with Crippen LogP contribution in [-0.2, 0) is 4.79 Å². The molecule has 0 aromatic heterocycles. The molecule has 0 radical (unpaired) electrons. The van der Waals surface area contributed by atoms with Gasteiger partial charge in [0.05, 0.1) is 15.9 Å². The second-order valence-corrected chi connectivity index (χ2v) is 3.81. The number of nitro benzene ring substituents is 2. The Morgan fingerprint density at radius 3 is 2.38 bits per heavy atom. The van der Waals surface area contributed by atoms with Crippen molar-refractivity contribution >= 4 is 28.7 Å². The van der Waals surface area contributed by atoms with Crippen molar-refractivity contribution in [3.8, 4) is 0 Å². The van der Waals surface area contributed by atoms with E-state index in [1.54, 1.807) is 0 Å². The lowest BCUT2D eigenvalue weighted by Crippen LogP contribution is -2.26. The molecule has 0 aliphatic heterocycles. The Balaban J connectivity index is 3.19. The van der Waals surface area contributed by atoms with Crippen molar-refractivity contribution in [3.63, 3.8) is 0 Å². The van der Waals surface area contributed by atoms with Crippen molar-refractivity contribution < 1.29 is 24.9 Å². The zero-order valence-electron chi connectivity index (χ0n) is 10.6. The highest BCUT2D eigenvalue weighted by molar-refractivity contribution is 6.37. The van der Waals surface area contributed by atoms with Crippen molar-refractivity contribution in [1.82, 2.24) is 0 Å². The molecule has 112 valence electrons. The van der Waals surface area contributed by atoms with Gasteiger partial charge in [0.15, 0.2) is 5.71 Å². The summed E-state index contributed by atoms with van der Waals surface area (Å²) >= 11 is 0. The highest BCUT2D eigenvalue weighted by Crippen LogP contribution is 2.28. The molecule has 0 amide bonds. The number of hydrazone groups is 1. The lowest BCUT2D eigenvalue weighted by atomic mass is 10.2. The first kappa shape index (κ1) is 16.0. The molecular weight excluding hydrogens is 288 g/mol. The van der Waals surface area contributed by atoms with Gasteiger partial charge in [-0.25, -0.2) is 4.79 Å². The third-order valence-corrected chi connectivity index (χ3v) is 2.30. The number of nitrogens with one attached hydrogen (secondary N) is 1. The summed E-state index contributed by atoms with van der Waals surface area (Å²) in [5.41, 5.74) is 0.0519. The van der Waals surface area contributed by atoms with Gasteiger partial charge in [-0.3, -0.25) is 25.7 Å². The Labute approximate surface area is 116 Å². The van der Waals surface area contributed by atoms with Crippen LogP contribution in [0.3, 0.4) is 0 Å². The largest absolute Gasteiger partial charge is 0.477 e. The lowest BCUT2D eigenvalue weighted by molar-refractivity contribution is -0.393. The molecule has 1 aromatic rings. The minimum atomic E-state index is -1.51. The number of nitro groups is 2. The standard InChI is InChI=1S/C10H10N4O7/c1-5(15)9(10(16)17)12-11-7-3-2-6(13(18)19)4-8(7)14(20)21/h2-5,11,15H,1H3,(H,16,17)/b12-9+/t5-/m0/s1. The molecule has 0 spiro atoms. The predicted molar refractivity (Wildman–Crippen MR) is 70.1 cm³/mol. The molecule has 0 aliphatic carbocycles. The van der Waals surface area contributed by atoms with Gasteiger partial charge in [-0.15, -0.1) is 0 Å². The number of rotatable bonds is 6. The zero-order chi connectivity index (χ0) is 16.2. The third-order valence-electron chi connectivity index (χ3n) is 2.30. The van der Waals surface area contributed by atoms with Gasteiger partial charge in [0.25, 0.3) is 5.69 Å². The fourth-order valence-electron chi connectivity index (χ4n) is 1.32. The number of anilines is 1. The fraction of sp³-hybridized carbons (Fsp3) is 0.200. The van der Waals surface area contributed by atoms with Crippen LogP contribution in [0, 0.1) is 20.2 Å². The van der Waals surface area contributed by atoms with E-state index in [1.165, 1.54) is 0 Å². The molecular formula is C10H10N4O7.